The molecule has 3 fully saturated rings. The van der Waals surface area contributed by atoms with Gasteiger partial charge >= 0.3 is 0 Å². The molecular weight excluding hydrogens is 300 g/mol. The second-order valence-corrected chi connectivity index (χ2v) is 8.20. The molecule has 3 aliphatic rings. The Morgan fingerprint density at radius 1 is 1.21 bits per heavy atom. The predicted octanol–water partition coefficient (Wildman–Crippen LogP) is 2.23. The fourth-order valence-corrected chi connectivity index (χ4v) is 4.77. The van der Waals surface area contributed by atoms with Crippen molar-refractivity contribution in [3.05, 3.63) is 0 Å². The molecular formula is C19H36N4O. The number of piperidine rings is 1. The monoisotopic (exact) mass is 336 g/mol. The molecule has 0 amide bonds. The molecule has 5 nitrogen and oxygen atoms in total. The van der Waals surface area contributed by atoms with E-state index in [4.69, 9.17) is 9.73 Å². The molecule has 3 atom stereocenters. The molecule has 0 radical (unpaired) electrons. The molecule has 2 N–H and O–H groups in total. The molecule has 1 aliphatic carbocycles. The van der Waals surface area contributed by atoms with Gasteiger partial charge in [0, 0.05) is 37.1 Å². The number of hydrogen-bond donors (Lipinski definition) is 2. The van der Waals surface area contributed by atoms with Gasteiger partial charge in [0.05, 0.1) is 12.6 Å². The van der Waals surface area contributed by atoms with Crippen LogP contribution in [0.15, 0.2) is 4.99 Å². The van der Waals surface area contributed by atoms with E-state index in [9.17, 15) is 0 Å². The van der Waals surface area contributed by atoms with Crippen LogP contribution in [0, 0.1) is 11.3 Å². The molecule has 138 valence electrons. The topological polar surface area (TPSA) is 48.9 Å². The van der Waals surface area contributed by atoms with Crippen LogP contribution in [-0.4, -0.2) is 62.3 Å². The molecule has 2 saturated heterocycles. The van der Waals surface area contributed by atoms with Crippen LogP contribution in [0.25, 0.3) is 0 Å². The third-order valence-electron chi connectivity index (χ3n) is 6.10. The normalized spacial score (nSPS) is 33.5. The first kappa shape index (κ1) is 18.0. The highest BCUT2D eigenvalue weighted by molar-refractivity contribution is 5.80. The zero-order valence-corrected chi connectivity index (χ0v) is 15.8. The lowest BCUT2D eigenvalue weighted by Crippen LogP contribution is -2.71. The fraction of sp³-hybridized carbons (Fsp3) is 0.947. The van der Waals surface area contributed by atoms with Gasteiger partial charge in [-0.2, -0.15) is 0 Å². The van der Waals surface area contributed by atoms with Crippen molar-refractivity contribution >= 4 is 5.96 Å². The van der Waals surface area contributed by atoms with Gasteiger partial charge in [-0.3, -0.25) is 4.99 Å². The van der Waals surface area contributed by atoms with Gasteiger partial charge in [-0.05, 0) is 45.7 Å². The van der Waals surface area contributed by atoms with Crippen LogP contribution in [0.3, 0.4) is 0 Å². The first-order valence-corrected chi connectivity index (χ1v) is 10.0. The maximum absolute atomic E-state index is 6.02. The molecule has 3 unspecified atom stereocenters. The first-order valence-electron chi connectivity index (χ1n) is 10.0. The molecule has 0 bridgehead atoms. The maximum atomic E-state index is 6.02. The summed E-state index contributed by atoms with van der Waals surface area (Å²) in [5, 5.41) is 7.15. The van der Waals surface area contributed by atoms with Gasteiger partial charge in [0.2, 0.25) is 0 Å². The molecule has 5 heteroatoms. The van der Waals surface area contributed by atoms with E-state index in [1.807, 2.05) is 0 Å². The summed E-state index contributed by atoms with van der Waals surface area (Å²) < 4.78 is 6.02. The minimum absolute atomic E-state index is 0.189. The summed E-state index contributed by atoms with van der Waals surface area (Å²) in [5.41, 5.74) is 0.189. The van der Waals surface area contributed by atoms with E-state index in [0.29, 0.717) is 18.1 Å². The Morgan fingerprint density at radius 3 is 2.75 bits per heavy atom. The zero-order valence-electron chi connectivity index (χ0n) is 15.8. The Hall–Kier alpha value is -0.810. The van der Waals surface area contributed by atoms with Crippen molar-refractivity contribution in [3.8, 4) is 0 Å². The lowest BCUT2D eigenvalue weighted by atomic mass is 9.55. The summed E-state index contributed by atoms with van der Waals surface area (Å²) in [6, 6.07) is 0.468. The lowest BCUT2D eigenvalue weighted by Gasteiger charge is -2.60. The predicted molar refractivity (Wildman–Crippen MR) is 99.4 cm³/mol. The number of aliphatic imine (C=N–C) groups is 1. The Morgan fingerprint density at radius 2 is 2.00 bits per heavy atom. The third-order valence-corrected chi connectivity index (χ3v) is 6.10. The van der Waals surface area contributed by atoms with Gasteiger partial charge in [-0.1, -0.05) is 20.3 Å². The van der Waals surface area contributed by atoms with Gasteiger partial charge in [-0.15, -0.1) is 0 Å². The summed E-state index contributed by atoms with van der Waals surface area (Å²) in [6.45, 7) is 13.1. The number of ether oxygens (including phenoxy) is 1. The number of fused-ring (bicyclic) bond motifs is 1. The van der Waals surface area contributed by atoms with Crippen molar-refractivity contribution < 1.29 is 4.74 Å². The van der Waals surface area contributed by atoms with Crippen molar-refractivity contribution in [1.29, 1.82) is 0 Å². The van der Waals surface area contributed by atoms with Gasteiger partial charge in [0.15, 0.2) is 5.96 Å². The minimum Gasteiger partial charge on any atom is -0.377 e. The second kappa shape index (κ2) is 8.05. The maximum Gasteiger partial charge on any atom is 0.191 e. The van der Waals surface area contributed by atoms with E-state index < -0.39 is 0 Å². The average molecular weight is 337 g/mol. The largest absolute Gasteiger partial charge is 0.377 e. The molecule has 1 saturated carbocycles. The first-order chi connectivity index (χ1) is 11.6. The Kier molecular flexibility index (Phi) is 6.03. The van der Waals surface area contributed by atoms with Crippen LogP contribution in [0.4, 0.5) is 0 Å². The van der Waals surface area contributed by atoms with E-state index in [1.54, 1.807) is 0 Å². The van der Waals surface area contributed by atoms with E-state index in [0.717, 1.165) is 32.2 Å². The molecule has 2 aliphatic heterocycles. The van der Waals surface area contributed by atoms with E-state index in [2.05, 4.69) is 36.3 Å². The highest BCUT2D eigenvalue weighted by Crippen LogP contribution is 2.51. The summed E-state index contributed by atoms with van der Waals surface area (Å²) in [5.74, 6) is 1.62. The quantitative estimate of drug-likeness (QED) is 0.597. The number of hydrogen-bond acceptors (Lipinski definition) is 3. The molecule has 3 rings (SSSR count). The van der Waals surface area contributed by atoms with Gasteiger partial charge in [0.25, 0.3) is 0 Å². The van der Waals surface area contributed by atoms with Crippen molar-refractivity contribution in [2.45, 2.75) is 65.0 Å². The Balaban J connectivity index is 1.53. The zero-order chi connectivity index (χ0) is 17.0. The highest BCUT2D eigenvalue weighted by atomic mass is 16.5. The van der Waals surface area contributed by atoms with Crippen LogP contribution in [0.2, 0.25) is 0 Å². The molecule has 24 heavy (non-hydrogen) atoms. The molecule has 2 heterocycles. The Bertz CT molecular complexity index is 431. The number of nitrogens with zero attached hydrogens (tertiary/aromatic N) is 2. The van der Waals surface area contributed by atoms with E-state index >= 15 is 0 Å². The standard InChI is InChI=1S/C19H36N4O/c1-4-20-18(21-10-13-23-11-6-5-7-12-23)22-16-15-9-8-14-24-17(15)19(16,2)3/h15-17H,4-14H2,1-3H3,(H2,20,21,22). The summed E-state index contributed by atoms with van der Waals surface area (Å²) >= 11 is 0. The van der Waals surface area contributed by atoms with Crippen LogP contribution in [-0.2, 0) is 4.74 Å². The summed E-state index contributed by atoms with van der Waals surface area (Å²) in [6.07, 6.45) is 6.98. The SMILES string of the molecule is CCNC(=NCCN1CCCCC1)NC1C2CCCOC2C1(C)C. The molecule has 0 spiro atoms. The van der Waals surface area contributed by atoms with Crippen LogP contribution in [0.1, 0.15) is 52.9 Å². The van der Waals surface area contributed by atoms with Crippen molar-refractivity contribution in [2.75, 3.05) is 39.3 Å². The van der Waals surface area contributed by atoms with Gasteiger partial charge in [-0.25, -0.2) is 0 Å². The van der Waals surface area contributed by atoms with Crippen molar-refractivity contribution in [2.24, 2.45) is 16.3 Å². The smallest absolute Gasteiger partial charge is 0.191 e. The second-order valence-electron chi connectivity index (χ2n) is 8.20. The van der Waals surface area contributed by atoms with Gasteiger partial charge < -0.3 is 20.3 Å². The van der Waals surface area contributed by atoms with Crippen LogP contribution in [0.5, 0.6) is 0 Å². The average Bonchev–Trinajstić information content (AvgIpc) is 2.60. The van der Waals surface area contributed by atoms with Crippen LogP contribution < -0.4 is 10.6 Å². The lowest BCUT2D eigenvalue weighted by molar-refractivity contribution is -0.188. The summed E-state index contributed by atoms with van der Waals surface area (Å²) in [7, 11) is 0. The van der Waals surface area contributed by atoms with Crippen molar-refractivity contribution in [3.63, 3.8) is 0 Å². The number of guanidine groups is 1. The molecule has 0 aromatic carbocycles. The minimum atomic E-state index is 0.189. The summed E-state index contributed by atoms with van der Waals surface area (Å²) in [4.78, 5) is 7.39. The van der Waals surface area contributed by atoms with Crippen molar-refractivity contribution in [1.82, 2.24) is 15.5 Å². The third kappa shape index (κ3) is 3.88. The fourth-order valence-electron chi connectivity index (χ4n) is 4.77. The van der Waals surface area contributed by atoms with E-state index in [1.165, 1.54) is 45.2 Å². The molecule has 0 aromatic rings. The number of nitrogens with one attached hydrogen (secondary N) is 2. The van der Waals surface area contributed by atoms with Crippen LogP contribution >= 0.6 is 0 Å². The Labute approximate surface area is 147 Å². The number of likely N-dealkylation sites (tertiary alicyclic amines) is 1. The highest BCUT2D eigenvalue weighted by Gasteiger charge is 2.58. The number of rotatable bonds is 5. The van der Waals surface area contributed by atoms with Gasteiger partial charge in [0.1, 0.15) is 0 Å². The van der Waals surface area contributed by atoms with E-state index in [-0.39, 0.29) is 5.41 Å². The molecule has 0 aromatic heterocycles.